The first-order valence-electron chi connectivity index (χ1n) is 12.6. The molecule has 1 fully saturated rings. The number of piperidine rings is 1. The molecule has 0 spiro atoms. The molecule has 0 bridgehead atoms. The van der Waals surface area contributed by atoms with Crippen molar-refractivity contribution in [1.82, 2.24) is 14.5 Å². The minimum absolute atomic E-state index is 0.312. The molecule has 5 heteroatoms. The molecule has 0 amide bonds. The Morgan fingerprint density at radius 1 is 0.914 bits per heavy atom. The zero-order valence-corrected chi connectivity index (χ0v) is 22.2. The van der Waals surface area contributed by atoms with Crippen LogP contribution in [-0.4, -0.2) is 45.9 Å². The molecule has 4 aromatic rings. The third-order valence-corrected chi connectivity index (χ3v) is 7.97. The number of aromatic nitrogens is 2. The number of rotatable bonds is 6. The van der Waals surface area contributed by atoms with Crippen LogP contribution in [0.25, 0.3) is 33.5 Å². The fourth-order valence-corrected chi connectivity index (χ4v) is 5.46. The standard InChI is InChI=1S/C30H35N3OS/c1-20(2)33-16-14-26(15-17-33)34-25-10-6-22(7-11-25)24-18-21(3)29-28(19-24)32(4)30(31-29)23-8-12-27(35-5)13-9-23/h6-13,18-20,26H,14-17H2,1-5H3. The maximum absolute atomic E-state index is 6.31. The van der Waals surface area contributed by atoms with E-state index in [0.717, 1.165) is 54.1 Å². The zero-order valence-electron chi connectivity index (χ0n) is 21.4. The van der Waals surface area contributed by atoms with Gasteiger partial charge in [0.2, 0.25) is 0 Å². The number of hydrogen-bond acceptors (Lipinski definition) is 4. The highest BCUT2D eigenvalue weighted by atomic mass is 32.2. The van der Waals surface area contributed by atoms with Crippen LogP contribution in [0.5, 0.6) is 5.75 Å². The molecule has 0 aliphatic carbocycles. The molecule has 182 valence electrons. The first-order chi connectivity index (χ1) is 16.9. The summed E-state index contributed by atoms with van der Waals surface area (Å²) in [6, 6.07) is 22.4. The second kappa shape index (κ2) is 10.1. The van der Waals surface area contributed by atoms with Gasteiger partial charge in [0.15, 0.2) is 0 Å². The lowest BCUT2D eigenvalue weighted by atomic mass is 10.0. The molecule has 5 rings (SSSR count). The van der Waals surface area contributed by atoms with Crippen molar-refractivity contribution >= 4 is 22.8 Å². The summed E-state index contributed by atoms with van der Waals surface area (Å²) < 4.78 is 8.52. The monoisotopic (exact) mass is 485 g/mol. The Bertz CT molecular complexity index is 1300. The van der Waals surface area contributed by atoms with Crippen LogP contribution in [0.1, 0.15) is 32.3 Å². The summed E-state index contributed by atoms with van der Waals surface area (Å²) in [5.41, 5.74) is 6.96. The van der Waals surface area contributed by atoms with E-state index in [1.807, 2.05) is 0 Å². The van der Waals surface area contributed by atoms with Crippen LogP contribution in [0.3, 0.4) is 0 Å². The van der Waals surface area contributed by atoms with Crippen molar-refractivity contribution < 1.29 is 4.74 Å². The lowest BCUT2D eigenvalue weighted by molar-refractivity contribution is 0.0843. The van der Waals surface area contributed by atoms with Gasteiger partial charge in [0.05, 0.1) is 11.0 Å². The average Bonchev–Trinajstić information content (AvgIpc) is 3.22. The largest absolute Gasteiger partial charge is 0.490 e. The summed E-state index contributed by atoms with van der Waals surface area (Å²) in [5.74, 6) is 1.96. The van der Waals surface area contributed by atoms with E-state index in [2.05, 4.69) is 104 Å². The van der Waals surface area contributed by atoms with Crippen LogP contribution in [0.4, 0.5) is 0 Å². The number of likely N-dealkylation sites (tertiary alicyclic amines) is 1. The van der Waals surface area contributed by atoms with Crippen molar-refractivity contribution in [3.05, 3.63) is 66.2 Å². The maximum atomic E-state index is 6.31. The summed E-state index contributed by atoms with van der Waals surface area (Å²) in [6.45, 7) is 8.94. The van der Waals surface area contributed by atoms with E-state index in [1.54, 1.807) is 11.8 Å². The van der Waals surface area contributed by atoms with Gasteiger partial charge in [0.25, 0.3) is 0 Å². The Balaban J connectivity index is 1.36. The average molecular weight is 486 g/mol. The van der Waals surface area contributed by atoms with Gasteiger partial charge in [0.1, 0.15) is 17.7 Å². The molecule has 4 nitrogen and oxygen atoms in total. The number of imidazole rings is 1. The minimum Gasteiger partial charge on any atom is -0.490 e. The van der Waals surface area contributed by atoms with E-state index in [-0.39, 0.29) is 0 Å². The number of fused-ring (bicyclic) bond motifs is 1. The van der Waals surface area contributed by atoms with Gasteiger partial charge in [-0.3, -0.25) is 0 Å². The molecule has 0 N–H and O–H groups in total. The van der Waals surface area contributed by atoms with Gasteiger partial charge in [-0.15, -0.1) is 11.8 Å². The zero-order chi connectivity index (χ0) is 24.5. The van der Waals surface area contributed by atoms with E-state index >= 15 is 0 Å². The minimum atomic E-state index is 0.312. The second-order valence-corrected chi connectivity index (χ2v) is 10.7. The van der Waals surface area contributed by atoms with Gasteiger partial charge < -0.3 is 14.2 Å². The Hall–Kier alpha value is -2.76. The molecule has 1 aromatic heterocycles. The maximum Gasteiger partial charge on any atom is 0.140 e. The molecule has 0 saturated carbocycles. The number of aryl methyl sites for hydroxylation is 2. The van der Waals surface area contributed by atoms with Crippen LogP contribution in [0.15, 0.2) is 65.6 Å². The fourth-order valence-electron chi connectivity index (χ4n) is 5.05. The summed E-state index contributed by atoms with van der Waals surface area (Å²) in [5, 5.41) is 0. The number of thioether (sulfide) groups is 1. The van der Waals surface area contributed by atoms with E-state index in [4.69, 9.17) is 9.72 Å². The smallest absolute Gasteiger partial charge is 0.140 e. The van der Waals surface area contributed by atoms with Crippen molar-refractivity contribution in [1.29, 1.82) is 0 Å². The third-order valence-electron chi connectivity index (χ3n) is 7.22. The molecule has 1 saturated heterocycles. The topological polar surface area (TPSA) is 30.3 Å². The van der Waals surface area contributed by atoms with Gasteiger partial charge in [-0.1, -0.05) is 24.3 Å². The fraction of sp³-hybridized carbons (Fsp3) is 0.367. The van der Waals surface area contributed by atoms with Gasteiger partial charge in [-0.2, -0.15) is 0 Å². The van der Waals surface area contributed by atoms with Crippen molar-refractivity contribution in [3.63, 3.8) is 0 Å². The SMILES string of the molecule is CSc1ccc(-c2nc3c(C)cc(-c4ccc(OC5CCN(C(C)C)CC5)cc4)cc3n2C)cc1. The molecule has 35 heavy (non-hydrogen) atoms. The summed E-state index contributed by atoms with van der Waals surface area (Å²) in [6.07, 6.45) is 4.61. The van der Waals surface area contributed by atoms with Crippen molar-refractivity contribution in [2.45, 2.75) is 50.7 Å². The summed E-state index contributed by atoms with van der Waals surface area (Å²) >= 11 is 1.76. The highest BCUT2D eigenvalue weighted by Crippen LogP contribution is 2.32. The highest BCUT2D eigenvalue weighted by Gasteiger charge is 2.22. The van der Waals surface area contributed by atoms with Gasteiger partial charge in [-0.05, 0) is 93.0 Å². The Kier molecular flexibility index (Phi) is 6.90. The number of benzene rings is 3. The number of ether oxygens (including phenoxy) is 1. The van der Waals surface area contributed by atoms with Crippen LogP contribution < -0.4 is 4.74 Å². The van der Waals surface area contributed by atoms with Gasteiger partial charge >= 0.3 is 0 Å². The summed E-state index contributed by atoms with van der Waals surface area (Å²) in [4.78, 5) is 8.80. The van der Waals surface area contributed by atoms with Crippen LogP contribution in [0, 0.1) is 6.92 Å². The van der Waals surface area contributed by atoms with Crippen LogP contribution in [0.2, 0.25) is 0 Å². The normalized spacial score (nSPS) is 15.3. The van der Waals surface area contributed by atoms with E-state index in [1.165, 1.54) is 21.6 Å². The van der Waals surface area contributed by atoms with Crippen molar-refractivity contribution in [3.8, 4) is 28.3 Å². The lowest BCUT2D eigenvalue weighted by Gasteiger charge is -2.34. The third kappa shape index (κ3) is 4.98. The Morgan fingerprint density at radius 2 is 1.57 bits per heavy atom. The first-order valence-corrected chi connectivity index (χ1v) is 13.8. The van der Waals surface area contributed by atoms with Crippen molar-refractivity contribution in [2.75, 3.05) is 19.3 Å². The predicted molar refractivity (Wildman–Crippen MR) is 148 cm³/mol. The Labute approximate surface area is 213 Å². The van der Waals surface area contributed by atoms with E-state index in [9.17, 15) is 0 Å². The second-order valence-electron chi connectivity index (χ2n) is 9.86. The number of hydrogen-bond donors (Lipinski definition) is 0. The molecule has 1 aliphatic heterocycles. The summed E-state index contributed by atoms with van der Waals surface area (Å²) in [7, 11) is 2.11. The quantitative estimate of drug-likeness (QED) is 0.270. The molecule has 0 radical (unpaired) electrons. The molecule has 2 heterocycles. The molecule has 3 aromatic carbocycles. The predicted octanol–water partition coefficient (Wildman–Crippen LogP) is 7.19. The van der Waals surface area contributed by atoms with Gasteiger partial charge in [-0.25, -0.2) is 4.98 Å². The van der Waals surface area contributed by atoms with Crippen molar-refractivity contribution in [2.24, 2.45) is 7.05 Å². The highest BCUT2D eigenvalue weighted by molar-refractivity contribution is 7.98. The first kappa shape index (κ1) is 24.0. The van der Waals surface area contributed by atoms with Crippen LogP contribution >= 0.6 is 11.8 Å². The van der Waals surface area contributed by atoms with E-state index in [0.29, 0.717) is 12.1 Å². The molecular weight excluding hydrogens is 450 g/mol. The van der Waals surface area contributed by atoms with Crippen LogP contribution in [-0.2, 0) is 7.05 Å². The van der Waals surface area contributed by atoms with Gasteiger partial charge in [0, 0.05) is 36.6 Å². The lowest BCUT2D eigenvalue weighted by Crippen LogP contribution is -2.41. The molecule has 1 aliphatic rings. The molecule has 0 atom stereocenters. The Morgan fingerprint density at radius 3 is 2.20 bits per heavy atom. The van der Waals surface area contributed by atoms with E-state index < -0.39 is 0 Å². The molecular formula is C30H35N3OS. The molecule has 0 unspecified atom stereocenters. The number of nitrogens with zero attached hydrogens (tertiary/aromatic N) is 3.